The first-order valence-corrected chi connectivity index (χ1v) is 11.2. The van der Waals surface area contributed by atoms with Crippen LogP contribution in [0, 0.1) is 29.1 Å². The van der Waals surface area contributed by atoms with Crippen LogP contribution < -0.4 is 0 Å². The van der Waals surface area contributed by atoms with Crippen LogP contribution in [0.4, 0.5) is 0 Å². The van der Waals surface area contributed by atoms with Crippen molar-refractivity contribution in [2.24, 2.45) is 29.1 Å². The molecule has 2 aliphatic carbocycles. The lowest BCUT2D eigenvalue weighted by Gasteiger charge is -2.43. The van der Waals surface area contributed by atoms with Crippen molar-refractivity contribution < 1.29 is 24.5 Å². The third-order valence-corrected chi connectivity index (χ3v) is 6.79. The minimum Gasteiger partial charge on any atom is -0.478 e. The number of hydrogen-bond donors (Lipinski definition) is 2. The molecule has 0 saturated heterocycles. The van der Waals surface area contributed by atoms with Crippen molar-refractivity contribution in [1.29, 1.82) is 0 Å². The molecule has 0 fully saturated rings. The van der Waals surface area contributed by atoms with Gasteiger partial charge in [-0.25, -0.2) is 4.79 Å². The zero-order chi connectivity index (χ0) is 22.5. The van der Waals surface area contributed by atoms with Gasteiger partial charge in [0.2, 0.25) is 0 Å². The van der Waals surface area contributed by atoms with Gasteiger partial charge in [0.15, 0.2) is 0 Å². The number of rotatable bonds is 9. The molecule has 0 amide bonds. The standard InChI is InChI=1S/C25H38O5/c1-6-25(4,5)24(29)30-21-15-16(2)14-18-11-10-17(3)20(23(18)21)13-12-19(26)8-7-9-22(27)28/h7,9-11,14,16-17,19-21,23,26H,6,8,12-13,15H2,1-5H3,(H,27,28)/t16-,17-,19+,20-,21-,23-/m0/s1. The number of aliphatic hydroxyl groups excluding tert-OH is 1. The molecule has 0 radical (unpaired) electrons. The van der Waals surface area contributed by atoms with Gasteiger partial charge in [0, 0.05) is 12.0 Å². The highest BCUT2D eigenvalue weighted by Gasteiger charge is 2.42. The van der Waals surface area contributed by atoms with Crippen LogP contribution in [-0.2, 0) is 14.3 Å². The van der Waals surface area contributed by atoms with E-state index in [0.29, 0.717) is 24.7 Å². The van der Waals surface area contributed by atoms with Crippen LogP contribution in [0.1, 0.15) is 66.7 Å². The largest absolute Gasteiger partial charge is 0.478 e. The molecule has 2 rings (SSSR count). The molecule has 5 heteroatoms. The van der Waals surface area contributed by atoms with Gasteiger partial charge in [-0.15, -0.1) is 0 Å². The highest BCUT2D eigenvalue weighted by Crippen LogP contribution is 2.45. The first-order chi connectivity index (χ1) is 14.0. The Bertz CT molecular complexity index is 702. The van der Waals surface area contributed by atoms with Crippen molar-refractivity contribution in [3.63, 3.8) is 0 Å². The second-order valence-electron chi connectivity index (χ2n) is 9.68. The topological polar surface area (TPSA) is 83.8 Å². The van der Waals surface area contributed by atoms with Gasteiger partial charge in [0.05, 0.1) is 11.5 Å². The molecule has 0 heterocycles. The number of esters is 1. The molecular weight excluding hydrogens is 380 g/mol. The van der Waals surface area contributed by atoms with E-state index < -0.39 is 17.5 Å². The van der Waals surface area contributed by atoms with E-state index in [4.69, 9.17) is 9.84 Å². The Morgan fingerprint density at radius 2 is 2.03 bits per heavy atom. The number of fused-ring (bicyclic) bond motifs is 1. The Morgan fingerprint density at radius 3 is 2.67 bits per heavy atom. The number of carbonyl (C=O) groups excluding carboxylic acids is 1. The van der Waals surface area contributed by atoms with Gasteiger partial charge in [-0.2, -0.15) is 0 Å². The van der Waals surface area contributed by atoms with Gasteiger partial charge in [0.25, 0.3) is 0 Å². The fourth-order valence-electron chi connectivity index (χ4n) is 4.49. The van der Waals surface area contributed by atoms with E-state index in [-0.39, 0.29) is 23.9 Å². The van der Waals surface area contributed by atoms with Crippen LogP contribution in [0.25, 0.3) is 0 Å². The maximum absolute atomic E-state index is 12.8. The molecule has 168 valence electrons. The SMILES string of the molecule is CCC(C)(C)C(=O)O[C@H]1C[C@@H](C)C=C2C=C[C@H](C)[C@H](CC[C@H](O)CC=CC(=O)O)[C@H]21. The van der Waals surface area contributed by atoms with E-state index in [2.05, 4.69) is 32.1 Å². The number of allylic oxidation sites excluding steroid dienone is 3. The van der Waals surface area contributed by atoms with Crippen LogP contribution in [-0.4, -0.2) is 34.4 Å². The van der Waals surface area contributed by atoms with Crippen LogP contribution in [0.5, 0.6) is 0 Å². The van der Waals surface area contributed by atoms with Crippen molar-refractivity contribution in [2.75, 3.05) is 0 Å². The summed E-state index contributed by atoms with van der Waals surface area (Å²) in [6.07, 6.45) is 11.8. The third-order valence-electron chi connectivity index (χ3n) is 6.79. The van der Waals surface area contributed by atoms with Crippen LogP contribution >= 0.6 is 0 Å². The summed E-state index contributed by atoms with van der Waals surface area (Å²) in [6.45, 7) is 10.2. The molecule has 0 saturated carbocycles. The Hall–Kier alpha value is -1.88. The summed E-state index contributed by atoms with van der Waals surface area (Å²) >= 11 is 0. The van der Waals surface area contributed by atoms with Gasteiger partial charge in [-0.3, -0.25) is 4.79 Å². The number of carboxylic acid groups (broad SMARTS) is 1. The van der Waals surface area contributed by atoms with Crippen LogP contribution in [0.15, 0.2) is 36.0 Å². The first-order valence-electron chi connectivity index (χ1n) is 11.2. The molecule has 2 aliphatic rings. The van der Waals surface area contributed by atoms with E-state index in [1.807, 2.05) is 20.8 Å². The second kappa shape index (κ2) is 10.4. The number of carboxylic acids is 1. The van der Waals surface area contributed by atoms with Gasteiger partial charge < -0.3 is 14.9 Å². The smallest absolute Gasteiger partial charge is 0.327 e. The summed E-state index contributed by atoms with van der Waals surface area (Å²) in [4.78, 5) is 23.4. The number of hydrogen-bond acceptors (Lipinski definition) is 4. The van der Waals surface area contributed by atoms with E-state index in [0.717, 1.165) is 25.3 Å². The van der Waals surface area contributed by atoms with E-state index in [1.165, 1.54) is 11.6 Å². The molecule has 0 spiro atoms. The fraction of sp³-hybridized carbons (Fsp3) is 0.680. The number of aliphatic carboxylic acids is 1. The maximum atomic E-state index is 12.8. The number of carbonyl (C=O) groups is 2. The monoisotopic (exact) mass is 418 g/mol. The summed E-state index contributed by atoms with van der Waals surface area (Å²) in [5.41, 5.74) is 0.743. The van der Waals surface area contributed by atoms with Gasteiger partial charge >= 0.3 is 11.9 Å². The molecule has 2 N–H and O–H groups in total. The average Bonchev–Trinajstić information content (AvgIpc) is 2.66. The summed E-state index contributed by atoms with van der Waals surface area (Å²) in [7, 11) is 0. The van der Waals surface area contributed by atoms with Crippen LogP contribution in [0.3, 0.4) is 0 Å². The molecule has 0 bridgehead atoms. The molecule has 5 nitrogen and oxygen atoms in total. The molecule has 0 aliphatic heterocycles. The quantitative estimate of drug-likeness (QED) is 0.410. The molecule has 0 unspecified atom stereocenters. The summed E-state index contributed by atoms with van der Waals surface area (Å²) < 4.78 is 6.11. The van der Waals surface area contributed by atoms with Gasteiger partial charge in [0.1, 0.15) is 6.10 Å². The lowest BCUT2D eigenvalue weighted by molar-refractivity contribution is -0.164. The molecule has 0 aromatic carbocycles. The fourth-order valence-corrected chi connectivity index (χ4v) is 4.49. The highest BCUT2D eigenvalue weighted by molar-refractivity contribution is 5.79. The Morgan fingerprint density at radius 1 is 1.33 bits per heavy atom. The van der Waals surface area contributed by atoms with Crippen molar-refractivity contribution in [2.45, 2.75) is 78.9 Å². The van der Waals surface area contributed by atoms with Gasteiger partial charge in [-0.05, 0) is 69.3 Å². The lowest BCUT2D eigenvalue weighted by Crippen LogP contribution is -2.43. The lowest BCUT2D eigenvalue weighted by atomic mass is 9.65. The summed E-state index contributed by atoms with van der Waals surface area (Å²) in [6, 6.07) is 0. The predicted molar refractivity (Wildman–Crippen MR) is 118 cm³/mol. The zero-order valence-corrected chi connectivity index (χ0v) is 19.0. The molecule has 6 atom stereocenters. The zero-order valence-electron chi connectivity index (χ0n) is 19.0. The number of ether oxygens (including phenoxy) is 1. The average molecular weight is 419 g/mol. The Kier molecular flexibility index (Phi) is 8.48. The third kappa shape index (κ3) is 6.31. The molecule has 0 aromatic rings. The predicted octanol–water partition coefficient (Wildman–Crippen LogP) is 4.91. The van der Waals surface area contributed by atoms with E-state index >= 15 is 0 Å². The number of aliphatic hydroxyl groups is 1. The molecule has 30 heavy (non-hydrogen) atoms. The minimum atomic E-state index is -1.00. The highest BCUT2D eigenvalue weighted by atomic mass is 16.5. The van der Waals surface area contributed by atoms with Gasteiger partial charge in [-0.1, -0.05) is 45.1 Å². The minimum absolute atomic E-state index is 0.136. The first kappa shape index (κ1) is 24.4. The molecular formula is C25H38O5. The van der Waals surface area contributed by atoms with Crippen molar-refractivity contribution in [1.82, 2.24) is 0 Å². The van der Waals surface area contributed by atoms with Crippen LogP contribution in [0.2, 0.25) is 0 Å². The Labute approximate surface area is 180 Å². The summed E-state index contributed by atoms with van der Waals surface area (Å²) in [5.74, 6) is -0.0526. The second-order valence-corrected chi connectivity index (χ2v) is 9.68. The Balaban J connectivity index is 2.14. The normalized spacial score (nSPS) is 29.9. The maximum Gasteiger partial charge on any atom is 0.327 e. The van der Waals surface area contributed by atoms with Crippen molar-refractivity contribution in [3.05, 3.63) is 36.0 Å². The van der Waals surface area contributed by atoms with Crippen molar-refractivity contribution in [3.8, 4) is 0 Å². The molecule has 0 aromatic heterocycles. The van der Waals surface area contributed by atoms with Crippen molar-refractivity contribution >= 4 is 11.9 Å². The van der Waals surface area contributed by atoms with E-state index in [9.17, 15) is 14.7 Å². The summed E-state index contributed by atoms with van der Waals surface area (Å²) in [5, 5.41) is 19.0. The van der Waals surface area contributed by atoms with E-state index in [1.54, 1.807) is 0 Å².